The highest BCUT2D eigenvalue weighted by Crippen LogP contribution is 2.28. The predicted molar refractivity (Wildman–Crippen MR) is 63.8 cm³/mol. The Morgan fingerprint density at radius 2 is 2.40 bits per heavy atom. The molecule has 1 heterocycles. The number of hydrogen-bond donors (Lipinski definition) is 0. The van der Waals surface area contributed by atoms with E-state index in [2.05, 4.69) is 4.98 Å². The van der Waals surface area contributed by atoms with Crippen molar-refractivity contribution in [2.24, 2.45) is 0 Å². The molecule has 0 aromatic carbocycles. The molecule has 0 radical (unpaired) electrons. The number of rotatable bonds is 6. The van der Waals surface area contributed by atoms with Gasteiger partial charge in [0.2, 0.25) is 0 Å². The molecule has 0 amide bonds. The zero-order chi connectivity index (χ0) is 10.9. The smallest absolute Gasteiger partial charge is 0.305 e. The molecule has 5 heteroatoms. The third-order valence-electron chi connectivity index (χ3n) is 1.50. The van der Waals surface area contributed by atoms with Gasteiger partial charge in [0.05, 0.1) is 0 Å². The minimum Gasteiger partial charge on any atom is -0.465 e. The van der Waals surface area contributed by atoms with Crippen molar-refractivity contribution in [3.8, 4) is 0 Å². The molecule has 0 aliphatic carbocycles. The molecule has 82 valence electrons. The third kappa shape index (κ3) is 5.69. The highest BCUT2D eigenvalue weighted by Gasteiger charge is 1.98. The molecule has 1 aromatic rings. The van der Waals surface area contributed by atoms with Crippen molar-refractivity contribution in [2.75, 3.05) is 12.4 Å². The normalized spacial score (nSPS) is 9.93. The van der Waals surface area contributed by atoms with Crippen LogP contribution in [0.5, 0.6) is 0 Å². The number of carbonyl (C=O) groups is 1. The van der Waals surface area contributed by atoms with Gasteiger partial charge in [-0.05, 0) is 22.9 Å². The van der Waals surface area contributed by atoms with Crippen LogP contribution in [0.15, 0.2) is 29.4 Å². The van der Waals surface area contributed by atoms with Crippen LogP contribution in [0.2, 0.25) is 0 Å². The van der Waals surface area contributed by atoms with Crippen LogP contribution in [0.1, 0.15) is 13.3 Å². The molecular formula is C10H13NO2S2. The van der Waals surface area contributed by atoms with Crippen molar-refractivity contribution >= 4 is 27.6 Å². The summed E-state index contributed by atoms with van der Waals surface area (Å²) < 4.78 is 4.94. The lowest BCUT2D eigenvalue weighted by molar-refractivity contribution is -0.142. The summed E-state index contributed by atoms with van der Waals surface area (Å²) in [6, 6.07) is 5.79. The molecule has 0 unspecified atom stereocenters. The molecule has 1 aromatic heterocycles. The van der Waals surface area contributed by atoms with Gasteiger partial charge < -0.3 is 4.74 Å². The summed E-state index contributed by atoms with van der Waals surface area (Å²) in [4.78, 5) is 15.0. The number of esters is 1. The lowest BCUT2D eigenvalue weighted by Gasteiger charge is -2.02. The molecule has 15 heavy (non-hydrogen) atoms. The molecular weight excluding hydrogens is 230 g/mol. The Morgan fingerprint density at radius 3 is 3.07 bits per heavy atom. The maximum Gasteiger partial charge on any atom is 0.305 e. The third-order valence-corrected chi connectivity index (χ3v) is 3.73. The highest BCUT2D eigenvalue weighted by molar-refractivity contribution is 8.76. The average Bonchev–Trinajstić information content (AvgIpc) is 2.29. The number of carbonyl (C=O) groups excluding carboxylic acids is 1. The van der Waals surface area contributed by atoms with E-state index in [4.69, 9.17) is 4.74 Å². The first-order chi connectivity index (χ1) is 7.33. The zero-order valence-electron chi connectivity index (χ0n) is 8.51. The van der Waals surface area contributed by atoms with Gasteiger partial charge in [0.25, 0.3) is 0 Å². The van der Waals surface area contributed by atoms with E-state index in [0.717, 1.165) is 10.8 Å². The largest absolute Gasteiger partial charge is 0.465 e. The van der Waals surface area contributed by atoms with Crippen molar-refractivity contribution in [1.29, 1.82) is 0 Å². The Labute approximate surface area is 97.4 Å². The van der Waals surface area contributed by atoms with Gasteiger partial charge in [-0.1, -0.05) is 23.8 Å². The highest BCUT2D eigenvalue weighted by atomic mass is 33.1. The standard InChI is InChI=1S/C10H13NO2S2/c1-2-10(12)13-7-8-14-15-9-5-3-4-6-11-9/h3-6H,2,7-8H2,1H3. The molecule has 0 aliphatic heterocycles. The van der Waals surface area contributed by atoms with Crippen molar-refractivity contribution in [1.82, 2.24) is 4.98 Å². The van der Waals surface area contributed by atoms with Gasteiger partial charge >= 0.3 is 5.97 Å². The van der Waals surface area contributed by atoms with Gasteiger partial charge in [0.15, 0.2) is 0 Å². The topological polar surface area (TPSA) is 39.2 Å². The zero-order valence-corrected chi connectivity index (χ0v) is 10.1. The molecule has 0 atom stereocenters. The van der Waals surface area contributed by atoms with Crippen LogP contribution < -0.4 is 0 Å². The molecule has 0 saturated carbocycles. The quantitative estimate of drug-likeness (QED) is 0.436. The summed E-state index contributed by atoms with van der Waals surface area (Å²) in [5, 5.41) is 0.976. The van der Waals surface area contributed by atoms with Crippen molar-refractivity contribution in [2.45, 2.75) is 18.4 Å². The fourth-order valence-corrected chi connectivity index (χ4v) is 2.50. The molecule has 0 saturated heterocycles. The first-order valence-corrected chi connectivity index (χ1v) is 7.01. The van der Waals surface area contributed by atoms with Crippen LogP contribution in [0.3, 0.4) is 0 Å². The Balaban J connectivity index is 2.05. The van der Waals surface area contributed by atoms with Crippen LogP contribution >= 0.6 is 21.6 Å². The summed E-state index contributed by atoms with van der Waals surface area (Å²) >= 11 is 0. The van der Waals surface area contributed by atoms with Crippen LogP contribution in [-0.2, 0) is 9.53 Å². The Bertz CT molecular complexity index is 293. The summed E-state index contributed by atoms with van der Waals surface area (Å²) in [5.41, 5.74) is 0. The minimum absolute atomic E-state index is 0.140. The van der Waals surface area contributed by atoms with E-state index in [1.807, 2.05) is 18.2 Å². The van der Waals surface area contributed by atoms with Crippen LogP contribution in [-0.4, -0.2) is 23.3 Å². The van der Waals surface area contributed by atoms with Gasteiger partial charge in [-0.25, -0.2) is 4.98 Å². The summed E-state index contributed by atoms with van der Waals surface area (Å²) in [7, 11) is 3.23. The fraction of sp³-hybridized carbons (Fsp3) is 0.400. The van der Waals surface area contributed by atoms with E-state index in [1.165, 1.54) is 0 Å². The lowest BCUT2D eigenvalue weighted by atomic mass is 10.5. The number of hydrogen-bond acceptors (Lipinski definition) is 5. The van der Waals surface area contributed by atoms with Crippen LogP contribution in [0.25, 0.3) is 0 Å². The van der Waals surface area contributed by atoms with E-state index in [1.54, 1.807) is 34.7 Å². The van der Waals surface area contributed by atoms with Gasteiger partial charge in [-0.2, -0.15) is 0 Å². The first kappa shape index (κ1) is 12.4. The molecule has 0 aliphatic rings. The fourth-order valence-electron chi connectivity index (χ4n) is 0.790. The van der Waals surface area contributed by atoms with Crippen LogP contribution in [0, 0.1) is 0 Å². The Hall–Kier alpha value is -0.680. The van der Waals surface area contributed by atoms with Gasteiger partial charge in [0, 0.05) is 18.4 Å². The maximum atomic E-state index is 10.8. The first-order valence-electron chi connectivity index (χ1n) is 4.69. The Morgan fingerprint density at radius 1 is 1.53 bits per heavy atom. The number of ether oxygens (including phenoxy) is 1. The molecule has 1 rings (SSSR count). The SMILES string of the molecule is CCC(=O)OCCSSc1ccccn1. The number of aromatic nitrogens is 1. The van der Waals surface area contributed by atoms with E-state index in [-0.39, 0.29) is 5.97 Å². The average molecular weight is 243 g/mol. The second-order valence-electron chi connectivity index (χ2n) is 2.65. The lowest BCUT2D eigenvalue weighted by Crippen LogP contribution is -2.04. The molecule has 0 N–H and O–H groups in total. The second-order valence-corrected chi connectivity index (χ2v) is 5.08. The van der Waals surface area contributed by atoms with E-state index in [0.29, 0.717) is 13.0 Å². The van der Waals surface area contributed by atoms with E-state index >= 15 is 0 Å². The molecule has 3 nitrogen and oxygen atoms in total. The maximum absolute atomic E-state index is 10.8. The molecule has 0 spiro atoms. The Kier molecular flexibility index (Phi) is 6.27. The van der Waals surface area contributed by atoms with Crippen molar-refractivity contribution in [3.63, 3.8) is 0 Å². The monoisotopic (exact) mass is 243 g/mol. The molecule has 0 bridgehead atoms. The van der Waals surface area contributed by atoms with Gasteiger partial charge in [-0.15, -0.1) is 0 Å². The predicted octanol–water partition coefficient (Wildman–Crippen LogP) is 2.78. The summed E-state index contributed by atoms with van der Waals surface area (Å²) in [6.07, 6.45) is 2.21. The summed E-state index contributed by atoms with van der Waals surface area (Å²) in [5.74, 6) is 0.644. The summed E-state index contributed by atoms with van der Waals surface area (Å²) in [6.45, 7) is 2.26. The van der Waals surface area contributed by atoms with Gasteiger partial charge in [0.1, 0.15) is 11.6 Å². The van der Waals surface area contributed by atoms with Crippen molar-refractivity contribution in [3.05, 3.63) is 24.4 Å². The van der Waals surface area contributed by atoms with Crippen LogP contribution in [0.4, 0.5) is 0 Å². The minimum atomic E-state index is -0.140. The molecule has 0 fully saturated rings. The second kappa shape index (κ2) is 7.59. The number of nitrogens with zero attached hydrogens (tertiary/aromatic N) is 1. The van der Waals surface area contributed by atoms with E-state index < -0.39 is 0 Å². The van der Waals surface area contributed by atoms with Crippen molar-refractivity contribution < 1.29 is 9.53 Å². The van der Waals surface area contributed by atoms with E-state index in [9.17, 15) is 4.79 Å². The number of pyridine rings is 1. The van der Waals surface area contributed by atoms with Gasteiger partial charge in [-0.3, -0.25) is 4.79 Å².